The Morgan fingerprint density at radius 1 is 0.485 bits per heavy atom. The van der Waals surface area contributed by atoms with E-state index < -0.39 is 6.16 Å². The van der Waals surface area contributed by atoms with Crippen molar-refractivity contribution in [2.45, 2.75) is 187 Å². The molecule has 0 bridgehead atoms. The summed E-state index contributed by atoms with van der Waals surface area (Å²) in [7, 11) is 0. The predicted molar refractivity (Wildman–Crippen MR) is 144 cm³/mol. The Morgan fingerprint density at radius 3 is 0.970 bits per heavy atom. The number of carbonyl (C=O) groups is 1. The molecule has 0 aromatic rings. The lowest BCUT2D eigenvalue weighted by Crippen LogP contribution is -2.16. The summed E-state index contributed by atoms with van der Waals surface area (Å²) < 4.78 is 5.17. The predicted octanol–water partition coefficient (Wildman–Crippen LogP) is 11.2. The van der Waals surface area contributed by atoms with Gasteiger partial charge in [0, 0.05) is 0 Å². The summed E-state index contributed by atoms with van der Waals surface area (Å²) in [6.45, 7) is 4.55. The molecular weight excluding hydrogens is 408 g/mol. The maximum atomic E-state index is 11.0. The summed E-state index contributed by atoms with van der Waals surface area (Å²) in [5, 5.41) is 9.04. The van der Waals surface area contributed by atoms with Crippen molar-refractivity contribution in [1.29, 1.82) is 0 Å². The lowest BCUT2D eigenvalue weighted by Gasteiger charge is -2.16. The summed E-state index contributed by atoms with van der Waals surface area (Å²) >= 11 is 0. The number of rotatable bonds is 27. The molecule has 1 N–H and O–H groups in total. The van der Waals surface area contributed by atoms with Gasteiger partial charge in [-0.25, -0.2) is 4.79 Å². The third-order valence-corrected chi connectivity index (χ3v) is 7.03. The minimum absolute atomic E-state index is 0.0891. The van der Waals surface area contributed by atoms with Crippen LogP contribution in [0.1, 0.15) is 181 Å². The molecule has 0 fully saturated rings. The van der Waals surface area contributed by atoms with Crippen LogP contribution in [0.25, 0.3) is 0 Å². The average molecular weight is 469 g/mol. The van der Waals surface area contributed by atoms with Crippen molar-refractivity contribution in [2.24, 2.45) is 0 Å². The number of ether oxygens (including phenoxy) is 1. The second kappa shape index (κ2) is 27.5. The van der Waals surface area contributed by atoms with Crippen LogP contribution in [-0.4, -0.2) is 17.4 Å². The summed E-state index contributed by atoms with van der Waals surface area (Å²) in [5.41, 5.74) is 0. The van der Waals surface area contributed by atoms with E-state index in [4.69, 9.17) is 9.84 Å². The first-order chi connectivity index (χ1) is 16.2. The highest BCUT2D eigenvalue weighted by molar-refractivity contribution is 5.57. The largest absolute Gasteiger partial charge is 0.506 e. The van der Waals surface area contributed by atoms with Gasteiger partial charge in [-0.15, -0.1) is 0 Å². The summed E-state index contributed by atoms with van der Waals surface area (Å²) in [6.07, 6.45) is 32.7. The van der Waals surface area contributed by atoms with Crippen LogP contribution in [-0.2, 0) is 4.74 Å². The van der Waals surface area contributed by atoms with E-state index in [0.717, 1.165) is 25.7 Å². The molecule has 33 heavy (non-hydrogen) atoms. The third kappa shape index (κ3) is 27.4. The molecule has 0 radical (unpaired) electrons. The van der Waals surface area contributed by atoms with E-state index in [-0.39, 0.29) is 6.10 Å². The van der Waals surface area contributed by atoms with Crippen LogP contribution in [0.5, 0.6) is 0 Å². The third-order valence-electron chi connectivity index (χ3n) is 7.03. The fourth-order valence-corrected chi connectivity index (χ4v) is 4.83. The topological polar surface area (TPSA) is 46.5 Å². The van der Waals surface area contributed by atoms with Gasteiger partial charge in [-0.3, -0.25) is 0 Å². The molecule has 0 spiro atoms. The first kappa shape index (κ1) is 32.3. The van der Waals surface area contributed by atoms with Crippen LogP contribution in [0.3, 0.4) is 0 Å². The molecule has 0 atom stereocenters. The molecule has 3 nitrogen and oxygen atoms in total. The number of hydrogen-bond acceptors (Lipinski definition) is 2. The Labute approximate surface area is 207 Å². The van der Waals surface area contributed by atoms with Crippen LogP contribution in [0.4, 0.5) is 4.79 Å². The lowest BCUT2D eigenvalue weighted by atomic mass is 10.0. The van der Waals surface area contributed by atoms with Crippen LogP contribution >= 0.6 is 0 Å². The van der Waals surface area contributed by atoms with Gasteiger partial charge < -0.3 is 9.84 Å². The molecule has 198 valence electrons. The highest BCUT2D eigenvalue weighted by Gasteiger charge is 2.13. The molecular formula is C30H60O3. The zero-order chi connectivity index (χ0) is 24.2. The van der Waals surface area contributed by atoms with Crippen molar-refractivity contribution in [1.82, 2.24) is 0 Å². The van der Waals surface area contributed by atoms with Crippen molar-refractivity contribution < 1.29 is 14.6 Å². The van der Waals surface area contributed by atoms with Crippen LogP contribution in [0, 0.1) is 0 Å². The first-order valence-electron chi connectivity index (χ1n) is 15.1. The Balaban J connectivity index is 3.52. The van der Waals surface area contributed by atoms with Crippen molar-refractivity contribution in [3.05, 3.63) is 0 Å². The van der Waals surface area contributed by atoms with E-state index in [9.17, 15) is 4.79 Å². The molecule has 0 aromatic carbocycles. The second-order valence-corrected chi connectivity index (χ2v) is 10.4. The fourth-order valence-electron chi connectivity index (χ4n) is 4.83. The van der Waals surface area contributed by atoms with E-state index in [1.165, 1.54) is 141 Å². The highest BCUT2D eigenvalue weighted by atomic mass is 16.7. The molecule has 0 rings (SSSR count). The van der Waals surface area contributed by atoms with Crippen molar-refractivity contribution >= 4 is 6.16 Å². The SMILES string of the molecule is CCCCCCCCCCCCCCC(CCCCCCCCCCCCCC)OC(=O)O. The monoisotopic (exact) mass is 468 g/mol. The maximum absolute atomic E-state index is 11.0. The van der Waals surface area contributed by atoms with E-state index in [0.29, 0.717) is 0 Å². The molecule has 0 aliphatic heterocycles. The Kier molecular flexibility index (Phi) is 26.9. The lowest BCUT2D eigenvalue weighted by molar-refractivity contribution is 0.0422. The zero-order valence-corrected chi connectivity index (χ0v) is 22.7. The Hall–Kier alpha value is -0.730. The van der Waals surface area contributed by atoms with Crippen LogP contribution in [0.2, 0.25) is 0 Å². The van der Waals surface area contributed by atoms with Gasteiger partial charge in [0.05, 0.1) is 0 Å². The summed E-state index contributed by atoms with van der Waals surface area (Å²) in [6, 6.07) is 0. The first-order valence-corrected chi connectivity index (χ1v) is 15.1. The number of carboxylic acid groups (broad SMARTS) is 1. The van der Waals surface area contributed by atoms with Crippen molar-refractivity contribution in [2.75, 3.05) is 0 Å². The summed E-state index contributed by atoms with van der Waals surface area (Å²) in [4.78, 5) is 11.0. The number of hydrogen-bond donors (Lipinski definition) is 1. The quantitative estimate of drug-likeness (QED) is 0.0962. The molecule has 3 heteroatoms. The van der Waals surface area contributed by atoms with E-state index >= 15 is 0 Å². The molecule has 0 aromatic heterocycles. The van der Waals surface area contributed by atoms with Gasteiger partial charge in [0.25, 0.3) is 0 Å². The van der Waals surface area contributed by atoms with Gasteiger partial charge in [-0.2, -0.15) is 0 Å². The minimum atomic E-state index is -1.10. The molecule has 0 heterocycles. The Morgan fingerprint density at radius 2 is 0.727 bits per heavy atom. The van der Waals surface area contributed by atoms with Crippen molar-refractivity contribution in [3.8, 4) is 0 Å². The van der Waals surface area contributed by atoms with Crippen LogP contribution in [0.15, 0.2) is 0 Å². The standard InChI is InChI=1S/C30H60O3/c1-3-5-7-9-11-13-15-17-19-21-23-25-27-29(33-30(31)32)28-26-24-22-20-18-16-14-12-10-8-6-4-2/h29H,3-28H2,1-2H3,(H,31,32). The van der Waals surface area contributed by atoms with Gasteiger partial charge >= 0.3 is 6.16 Å². The van der Waals surface area contributed by atoms with Gasteiger partial charge in [-0.1, -0.05) is 155 Å². The highest BCUT2D eigenvalue weighted by Crippen LogP contribution is 2.18. The fraction of sp³-hybridized carbons (Fsp3) is 0.967. The van der Waals surface area contributed by atoms with E-state index in [1.54, 1.807) is 0 Å². The van der Waals surface area contributed by atoms with Gasteiger partial charge in [0.15, 0.2) is 0 Å². The second-order valence-electron chi connectivity index (χ2n) is 10.4. The van der Waals surface area contributed by atoms with Gasteiger partial charge in [-0.05, 0) is 25.7 Å². The Bertz CT molecular complexity index is 355. The van der Waals surface area contributed by atoms with E-state index in [1.807, 2.05) is 0 Å². The average Bonchev–Trinajstić information content (AvgIpc) is 2.80. The van der Waals surface area contributed by atoms with Gasteiger partial charge in [0.2, 0.25) is 0 Å². The van der Waals surface area contributed by atoms with Crippen molar-refractivity contribution in [3.63, 3.8) is 0 Å². The minimum Gasteiger partial charge on any atom is -0.450 e. The normalized spacial score (nSPS) is 11.4. The van der Waals surface area contributed by atoms with Gasteiger partial charge in [0.1, 0.15) is 6.10 Å². The van der Waals surface area contributed by atoms with E-state index in [2.05, 4.69) is 13.8 Å². The number of unbranched alkanes of at least 4 members (excludes halogenated alkanes) is 22. The molecule has 0 aliphatic carbocycles. The summed E-state index contributed by atoms with van der Waals surface area (Å²) in [5.74, 6) is 0. The zero-order valence-electron chi connectivity index (χ0n) is 22.7. The van der Waals surface area contributed by atoms with Crippen LogP contribution < -0.4 is 0 Å². The smallest absolute Gasteiger partial charge is 0.450 e. The molecule has 0 aliphatic rings. The molecule has 0 saturated heterocycles. The molecule has 0 amide bonds. The maximum Gasteiger partial charge on any atom is 0.506 e. The molecule has 0 unspecified atom stereocenters. The molecule has 0 saturated carbocycles.